The maximum atomic E-state index is 12.1. The number of esters is 1. The molecule has 2 aromatic heterocycles. The van der Waals surface area contributed by atoms with Crippen LogP contribution in [0, 0.1) is 5.92 Å². The number of nitrogens with two attached hydrogens (primary N) is 1. The molecule has 1 saturated heterocycles. The molecule has 4 rings (SSSR count). The van der Waals surface area contributed by atoms with Crippen molar-refractivity contribution in [1.82, 2.24) is 19.6 Å². The monoisotopic (exact) mass is 369 g/mol. The van der Waals surface area contributed by atoms with Crippen molar-refractivity contribution in [2.75, 3.05) is 12.3 Å². The Morgan fingerprint density at radius 2 is 2.19 bits per heavy atom. The zero-order valence-electron chi connectivity index (χ0n) is 14.6. The molecule has 27 heavy (non-hydrogen) atoms. The maximum absolute atomic E-state index is 12.1. The van der Waals surface area contributed by atoms with Crippen molar-refractivity contribution in [3.05, 3.63) is 54.1 Å². The number of anilines is 1. The minimum Gasteiger partial charge on any atom is -0.459 e. The van der Waals surface area contributed by atoms with E-state index >= 15 is 0 Å². The largest absolute Gasteiger partial charge is 0.459 e. The summed E-state index contributed by atoms with van der Waals surface area (Å²) in [4.78, 5) is 20.2. The van der Waals surface area contributed by atoms with Gasteiger partial charge in [0.15, 0.2) is 11.5 Å². The second kappa shape index (κ2) is 6.60. The molecule has 3 atom stereocenters. The third-order valence-electron chi connectivity index (χ3n) is 4.74. The topological polar surface area (TPSA) is 125 Å². The van der Waals surface area contributed by atoms with Gasteiger partial charge in [0.2, 0.25) is 5.79 Å². The van der Waals surface area contributed by atoms with Gasteiger partial charge in [-0.1, -0.05) is 25.1 Å². The van der Waals surface area contributed by atoms with Gasteiger partial charge in [-0.2, -0.15) is 5.10 Å². The van der Waals surface area contributed by atoms with E-state index in [9.17, 15) is 9.90 Å². The molecule has 3 aromatic rings. The molecule has 1 aromatic carbocycles. The van der Waals surface area contributed by atoms with Crippen LogP contribution in [-0.2, 0) is 15.3 Å². The van der Waals surface area contributed by atoms with Gasteiger partial charge < -0.3 is 20.3 Å². The number of carbonyl (C=O) groups excluding carboxylic acids is 1. The van der Waals surface area contributed by atoms with Gasteiger partial charge in [-0.05, 0) is 18.6 Å². The van der Waals surface area contributed by atoms with Crippen LogP contribution in [0.2, 0.25) is 0 Å². The fourth-order valence-corrected chi connectivity index (χ4v) is 3.29. The van der Waals surface area contributed by atoms with Gasteiger partial charge in [-0.3, -0.25) is 0 Å². The summed E-state index contributed by atoms with van der Waals surface area (Å²) in [6, 6.07) is 8.72. The lowest BCUT2D eigenvalue weighted by Crippen LogP contribution is -2.33. The molecule has 1 fully saturated rings. The highest BCUT2D eigenvalue weighted by Gasteiger charge is 2.49. The molecule has 0 bridgehead atoms. The second-order valence-corrected chi connectivity index (χ2v) is 6.56. The molecule has 0 aliphatic carbocycles. The highest BCUT2D eigenvalue weighted by molar-refractivity contribution is 5.89. The van der Waals surface area contributed by atoms with Crippen molar-refractivity contribution >= 4 is 17.4 Å². The Bertz CT molecular complexity index is 976. The molecule has 0 radical (unpaired) electrons. The van der Waals surface area contributed by atoms with E-state index in [0.717, 1.165) is 0 Å². The van der Waals surface area contributed by atoms with Crippen LogP contribution in [0.3, 0.4) is 0 Å². The van der Waals surface area contributed by atoms with E-state index in [1.165, 1.54) is 17.0 Å². The number of nitrogen functional groups attached to an aromatic ring is 1. The van der Waals surface area contributed by atoms with Crippen molar-refractivity contribution < 1.29 is 19.4 Å². The first-order valence-electron chi connectivity index (χ1n) is 8.56. The maximum Gasteiger partial charge on any atom is 0.338 e. The van der Waals surface area contributed by atoms with Crippen LogP contribution in [-0.4, -0.2) is 43.4 Å². The van der Waals surface area contributed by atoms with Gasteiger partial charge in [-0.15, -0.1) is 0 Å². The molecule has 1 aliphatic heterocycles. The van der Waals surface area contributed by atoms with Gasteiger partial charge in [0.25, 0.3) is 0 Å². The van der Waals surface area contributed by atoms with E-state index in [4.69, 9.17) is 15.2 Å². The SMILES string of the molecule is C[C@H]1C[C@@H](COC(=O)c2ccccc2)OC1(O)c1cnc2c(N)ncnn12. The molecule has 9 nitrogen and oxygen atoms in total. The van der Waals surface area contributed by atoms with Crippen LogP contribution in [0.25, 0.3) is 5.65 Å². The van der Waals surface area contributed by atoms with E-state index < -0.39 is 17.9 Å². The summed E-state index contributed by atoms with van der Waals surface area (Å²) in [6.07, 6.45) is 2.81. The van der Waals surface area contributed by atoms with Crippen molar-refractivity contribution in [3.63, 3.8) is 0 Å². The second-order valence-electron chi connectivity index (χ2n) is 6.56. The number of aliphatic hydroxyl groups is 1. The Hall–Kier alpha value is -3.04. The summed E-state index contributed by atoms with van der Waals surface area (Å²) in [6.45, 7) is 1.89. The molecule has 0 spiro atoms. The van der Waals surface area contributed by atoms with Gasteiger partial charge in [0.1, 0.15) is 18.6 Å². The number of carbonyl (C=O) groups is 1. The van der Waals surface area contributed by atoms with Crippen molar-refractivity contribution in [3.8, 4) is 0 Å². The minimum atomic E-state index is -1.62. The number of fused-ring (bicyclic) bond motifs is 1. The summed E-state index contributed by atoms with van der Waals surface area (Å²) in [7, 11) is 0. The van der Waals surface area contributed by atoms with E-state index in [-0.39, 0.29) is 18.3 Å². The first kappa shape index (κ1) is 17.4. The average molecular weight is 369 g/mol. The molecule has 140 valence electrons. The van der Waals surface area contributed by atoms with Crippen LogP contribution in [0.4, 0.5) is 5.82 Å². The number of hydrogen-bond acceptors (Lipinski definition) is 8. The molecule has 3 N–H and O–H groups in total. The summed E-state index contributed by atoms with van der Waals surface area (Å²) in [5, 5.41) is 15.2. The number of aromatic nitrogens is 4. The summed E-state index contributed by atoms with van der Waals surface area (Å²) < 4.78 is 12.6. The van der Waals surface area contributed by atoms with E-state index in [2.05, 4.69) is 15.1 Å². The number of nitrogens with zero attached hydrogens (tertiary/aromatic N) is 4. The number of rotatable bonds is 4. The van der Waals surface area contributed by atoms with Gasteiger partial charge >= 0.3 is 5.97 Å². The highest BCUT2D eigenvalue weighted by atomic mass is 16.7. The standard InChI is InChI=1S/C18H19N5O4/c1-11-7-13(9-26-17(24)12-5-3-2-4-6-12)27-18(11,25)14-8-20-16-15(19)21-10-22-23(14)16/h2-6,8,10-11,13,25H,7,9H2,1H3,(H2,19,21,22)/t11-,13-,18?/m0/s1. The lowest BCUT2D eigenvalue weighted by molar-refractivity contribution is -0.226. The lowest BCUT2D eigenvalue weighted by atomic mass is 9.96. The number of benzene rings is 1. The zero-order valence-corrected chi connectivity index (χ0v) is 14.6. The van der Waals surface area contributed by atoms with Crippen molar-refractivity contribution in [2.45, 2.75) is 25.2 Å². The predicted molar refractivity (Wildman–Crippen MR) is 94.5 cm³/mol. The van der Waals surface area contributed by atoms with Crippen LogP contribution in [0.1, 0.15) is 29.4 Å². The number of ether oxygens (including phenoxy) is 2. The first-order chi connectivity index (χ1) is 13.0. The molecule has 0 saturated carbocycles. The Morgan fingerprint density at radius 1 is 1.41 bits per heavy atom. The van der Waals surface area contributed by atoms with Crippen LogP contribution >= 0.6 is 0 Å². The molecule has 9 heteroatoms. The summed E-state index contributed by atoms with van der Waals surface area (Å²) in [5.74, 6) is -2.12. The predicted octanol–water partition coefficient (Wildman–Crippen LogP) is 1.13. The third kappa shape index (κ3) is 3.00. The van der Waals surface area contributed by atoms with E-state index in [1.54, 1.807) is 24.3 Å². The third-order valence-corrected chi connectivity index (χ3v) is 4.74. The minimum absolute atomic E-state index is 0.0359. The number of imidazole rings is 1. The highest BCUT2D eigenvalue weighted by Crippen LogP contribution is 2.42. The fourth-order valence-electron chi connectivity index (χ4n) is 3.29. The van der Waals surface area contributed by atoms with Crippen LogP contribution in [0.15, 0.2) is 42.9 Å². The molecule has 0 amide bonds. The van der Waals surface area contributed by atoms with Crippen LogP contribution < -0.4 is 5.73 Å². The zero-order chi connectivity index (χ0) is 19.0. The average Bonchev–Trinajstić information content (AvgIpc) is 3.23. The lowest BCUT2D eigenvalue weighted by Gasteiger charge is -2.26. The summed E-state index contributed by atoms with van der Waals surface area (Å²) >= 11 is 0. The van der Waals surface area contributed by atoms with Gasteiger partial charge in [0.05, 0.1) is 17.9 Å². The Morgan fingerprint density at radius 3 is 2.96 bits per heavy atom. The quantitative estimate of drug-likeness (QED) is 0.656. The Balaban J connectivity index is 1.50. The Labute approximate surface area is 154 Å². The number of hydrogen-bond donors (Lipinski definition) is 2. The molecular weight excluding hydrogens is 350 g/mol. The first-order valence-corrected chi connectivity index (χ1v) is 8.56. The molecule has 1 unspecified atom stereocenters. The fraction of sp³-hybridized carbons (Fsp3) is 0.333. The van der Waals surface area contributed by atoms with Gasteiger partial charge in [-0.25, -0.2) is 19.3 Å². The summed E-state index contributed by atoms with van der Waals surface area (Å²) in [5.41, 5.74) is 6.96. The smallest absolute Gasteiger partial charge is 0.338 e. The molecular formula is C18H19N5O4. The Kier molecular flexibility index (Phi) is 4.25. The molecule has 1 aliphatic rings. The van der Waals surface area contributed by atoms with Crippen LogP contribution in [0.5, 0.6) is 0 Å². The normalized spacial score (nSPS) is 25.0. The van der Waals surface area contributed by atoms with Crippen molar-refractivity contribution in [1.29, 1.82) is 0 Å². The van der Waals surface area contributed by atoms with Gasteiger partial charge in [0, 0.05) is 5.92 Å². The van der Waals surface area contributed by atoms with E-state index in [1.807, 2.05) is 13.0 Å². The molecule has 3 heterocycles. The van der Waals surface area contributed by atoms with Crippen molar-refractivity contribution in [2.24, 2.45) is 5.92 Å². The van der Waals surface area contributed by atoms with E-state index in [0.29, 0.717) is 23.3 Å².